The van der Waals surface area contributed by atoms with Gasteiger partial charge in [-0.25, -0.2) is 4.98 Å². The van der Waals surface area contributed by atoms with Crippen molar-refractivity contribution in [3.05, 3.63) is 218 Å². The monoisotopic (exact) mass is 772 g/mol. The first-order valence-corrected chi connectivity index (χ1v) is 20.7. The van der Waals surface area contributed by atoms with Crippen molar-refractivity contribution in [2.45, 2.75) is 0 Å². The topological polar surface area (TPSA) is 29.3 Å². The molecule has 0 unspecified atom stereocenters. The first-order chi connectivity index (χ1) is 29.2. The molecule has 0 saturated heterocycles. The molecule has 2 heterocycles. The minimum atomic E-state index is 0.842. The Morgan fingerprint density at radius 2 is 0.915 bits per heavy atom. The number of benzene rings is 9. The third-order valence-corrected chi connectivity index (χ3v) is 12.2. The number of fused-ring (bicyclic) bond motifs is 4. The van der Waals surface area contributed by atoms with E-state index in [0.29, 0.717) is 0 Å². The largest absolute Gasteiger partial charge is 0.455 e. The van der Waals surface area contributed by atoms with Crippen molar-refractivity contribution in [1.29, 1.82) is 0 Å². The first kappa shape index (κ1) is 34.7. The summed E-state index contributed by atoms with van der Waals surface area (Å²) in [5.74, 6) is 0. The summed E-state index contributed by atoms with van der Waals surface area (Å²) in [6.07, 6.45) is 0. The van der Waals surface area contributed by atoms with E-state index < -0.39 is 0 Å². The van der Waals surface area contributed by atoms with Crippen LogP contribution >= 0.6 is 11.3 Å². The van der Waals surface area contributed by atoms with E-state index in [4.69, 9.17) is 9.40 Å². The standard InChI is InChI=1S/C55H36N2OS/c1-5-14-37(15-6-1)39-24-29-44(30-25-39)57(45-31-26-40(27-32-45)38-16-7-2-8-17-38)51-33-28-43(34-48(51)41-18-9-3-10-19-41)46-22-13-23-47-49-35-53-50(36-52(49)58-54(46)47)56-55(59-53)42-20-11-4-12-21-42/h1-36H. The van der Waals surface area contributed by atoms with E-state index in [1.807, 2.05) is 6.07 Å². The fraction of sp³-hybridized carbons (Fsp3) is 0. The van der Waals surface area contributed by atoms with Crippen molar-refractivity contribution in [1.82, 2.24) is 4.98 Å². The van der Waals surface area contributed by atoms with Crippen LogP contribution in [0.3, 0.4) is 0 Å². The molecule has 0 saturated carbocycles. The van der Waals surface area contributed by atoms with Crippen LogP contribution in [0.5, 0.6) is 0 Å². The Morgan fingerprint density at radius 1 is 0.390 bits per heavy atom. The molecular formula is C55H36N2OS. The molecule has 0 amide bonds. The Kier molecular flexibility index (Phi) is 8.68. The Balaban J connectivity index is 1.05. The van der Waals surface area contributed by atoms with E-state index in [9.17, 15) is 0 Å². The SMILES string of the molecule is c1ccc(-c2ccc(N(c3ccc(-c4ccccc4)cc3)c3ccc(-c4cccc5c4oc4cc6nc(-c7ccccc7)sc6cc45)cc3-c3ccccc3)cc2)cc1. The second kappa shape index (κ2) is 14.8. The van der Waals surface area contributed by atoms with Gasteiger partial charge in [-0.15, -0.1) is 11.3 Å². The van der Waals surface area contributed by atoms with Crippen LogP contribution in [0, 0.1) is 0 Å². The van der Waals surface area contributed by atoms with Gasteiger partial charge >= 0.3 is 0 Å². The fourth-order valence-electron chi connectivity index (χ4n) is 8.19. The quantitative estimate of drug-likeness (QED) is 0.154. The number of furan rings is 1. The number of anilines is 3. The molecule has 0 radical (unpaired) electrons. The van der Waals surface area contributed by atoms with E-state index in [2.05, 4.69) is 217 Å². The van der Waals surface area contributed by atoms with Gasteiger partial charge in [-0.1, -0.05) is 170 Å². The summed E-state index contributed by atoms with van der Waals surface area (Å²) < 4.78 is 7.92. The highest BCUT2D eigenvalue weighted by atomic mass is 32.1. The minimum absolute atomic E-state index is 0.842. The lowest BCUT2D eigenvalue weighted by atomic mass is 9.95. The lowest BCUT2D eigenvalue weighted by Crippen LogP contribution is -2.11. The van der Waals surface area contributed by atoms with Crippen LogP contribution in [0.4, 0.5) is 17.1 Å². The lowest BCUT2D eigenvalue weighted by Gasteiger charge is -2.29. The van der Waals surface area contributed by atoms with Crippen LogP contribution in [0.25, 0.3) is 87.2 Å². The number of hydrogen-bond donors (Lipinski definition) is 0. The number of para-hydroxylation sites is 1. The number of thiazole rings is 1. The molecule has 11 aromatic rings. The zero-order valence-corrected chi connectivity index (χ0v) is 32.8. The van der Waals surface area contributed by atoms with Crippen LogP contribution in [0.15, 0.2) is 223 Å². The molecule has 3 nitrogen and oxygen atoms in total. The second-order valence-electron chi connectivity index (χ2n) is 14.7. The van der Waals surface area contributed by atoms with Gasteiger partial charge < -0.3 is 9.32 Å². The van der Waals surface area contributed by atoms with Crippen LogP contribution < -0.4 is 4.90 Å². The van der Waals surface area contributed by atoms with Crippen molar-refractivity contribution < 1.29 is 4.42 Å². The van der Waals surface area contributed by atoms with Crippen molar-refractivity contribution in [2.75, 3.05) is 4.90 Å². The smallest absolute Gasteiger partial charge is 0.143 e. The molecule has 9 aromatic carbocycles. The summed E-state index contributed by atoms with van der Waals surface area (Å²) >= 11 is 1.72. The molecule has 0 aliphatic heterocycles. The summed E-state index contributed by atoms with van der Waals surface area (Å²) in [5.41, 5.74) is 16.2. The summed E-state index contributed by atoms with van der Waals surface area (Å²) in [5, 5.41) is 3.21. The van der Waals surface area contributed by atoms with E-state index in [1.54, 1.807) is 11.3 Å². The Bertz CT molecular complexity index is 3150. The van der Waals surface area contributed by atoms with Gasteiger partial charge in [0, 0.05) is 44.9 Å². The molecule has 0 spiro atoms. The van der Waals surface area contributed by atoms with Crippen molar-refractivity contribution in [3.63, 3.8) is 0 Å². The predicted octanol–water partition coefficient (Wildman–Crippen LogP) is 16.0. The molecule has 59 heavy (non-hydrogen) atoms. The third kappa shape index (κ3) is 6.46. The Labute approximate surface area is 346 Å². The van der Waals surface area contributed by atoms with E-state index in [-0.39, 0.29) is 0 Å². The zero-order chi connectivity index (χ0) is 39.1. The molecular weight excluding hydrogens is 737 g/mol. The van der Waals surface area contributed by atoms with Gasteiger partial charge in [-0.2, -0.15) is 0 Å². The maximum absolute atomic E-state index is 6.77. The van der Waals surface area contributed by atoms with Crippen molar-refractivity contribution in [2.24, 2.45) is 0 Å². The minimum Gasteiger partial charge on any atom is -0.455 e. The summed E-state index contributed by atoms with van der Waals surface area (Å²) in [6, 6.07) is 77.6. The molecule has 11 rings (SSSR count). The third-order valence-electron chi connectivity index (χ3n) is 11.1. The highest BCUT2D eigenvalue weighted by molar-refractivity contribution is 7.21. The van der Waals surface area contributed by atoms with Crippen LogP contribution in [0.1, 0.15) is 0 Å². The second-order valence-corrected chi connectivity index (χ2v) is 15.8. The van der Waals surface area contributed by atoms with Gasteiger partial charge in [-0.05, 0) is 75.8 Å². The lowest BCUT2D eigenvalue weighted by molar-refractivity contribution is 0.670. The van der Waals surface area contributed by atoms with Gasteiger partial charge in [0.1, 0.15) is 16.2 Å². The Morgan fingerprint density at radius 3 is 1.51 bits per heavy atom. The zero-order valence-electron chi connectivity index (χ0n) is 32.0. The molecule has 4 heteroatoms. The molecule has 0 aliphatic rings. The first-order valence-electron chi connectivity index (χ1n) is 19.9. The average molecular weight is 773 g/mol. The van der Waals surface area contributed by atoms with Gasteiger partial charge in [0.25, 0.3) is 0 Å². The number of hydrogen-bond acceptors (Lipinski definition) is 4. The summed E-state index contributed by atoms with van der Waals surface area (Å²) in [6.45, 7) is 0. The van der Waals surface area contributed by atoms with E-state index in [1.165, 1.54) is 22.3 Å². The van der Waals surface area contributed by atoms with E-state index in [0.717, 1.165) is 82.0 Å². The highest BCUT2D eigenvalue weighted by Gasteiger charge is 2.21. The van der Waals surface area contributed by atoms with Gasteiger partial charge in [0.2, 0.25) is 0 Å². The summed E-state index contributed by atoms with van der Waals surface area (Å²) in [7, 11) is 0. The Hall–Kier alpha value is -7.53. The molecule has 0 fully saturated rings. The number of rotatable bonds is 8. The molecule has 278 valence electrons. The van der Waals surface area contributed by atoms with Crippen LogP contribution in [-0.4, -0.2) is 4.98 Å². The number of nitrogens with zero attached hydrogens (tertiary/aromatic N) is 2. The molecule has 0 N–H and O–H groups in total. The molecule has 0 bridgehead atoms. The van der Waals surface area contributed by atoms with Crippen LogP contribution in [-0.2, 0) is 0 Å². The maximum Gasteiger partial charge on any atom is 0.143 e. The number of aromatic nitrogens is 1. The van der Waals surface area contributed by atoms with Gasteiger partial charge in [-0.3, -0.25) is 0 Å². The molecule has 0 aliphatic carbocycles. The van der Waals surface area contributed by atoms with Gasteiger partial charge in [0.05, 0.1) is 15.9 Å². The molecule has 0 atom stereocenters. The maximum atomic E-state index is 6.77. The predicted molar refractivity (Wildman–Crippen MR) is 249 cm³/mol. The highest BCUT2D eigenvalue weighted by Crippen LogP contribution is 2.45. The van der Waals surface area contributed by atoms with Crippen molar-refractivity contribution >= 4 is 60.6 Å². The summed E-state index contributed by atoms with van der Waals surface area (Å²) in [4.78, 5) is 7.38. The van der Waals surface area contributed by atoms with E-state index >= 15 is 0 Å². The van der Waals surface area contributed by atoms with Gasteiger partial charge in [0.15, 0.2) is 0 Å². The normalized spacial score (nSPS) is 11.4. The molecule has 2 aromatic heterocycles. The van der Waals surface area contributed by atoms with Crippen LogP contribution in [0.2, 0.25) is 0 Å². The fourth-order valence-corrected chi connectivity index (χ4v) is 9.18. The van der Waals surface area contributed by atoms with Crippen molar-refractivity contribution in [3.8, 4) is 55.1 Å². The average Bonchev–Trinajstić information content (AvgIpc) is 3.91.